The molecule has 0 radical (unpaired) electrons. The largest absolute Gasteiger partial charge is 0.348 e. The third-order valence-corrected chi connectivity index (χ3v) is 2.87. The Morgan fingerprint density at radius 1 is 1.50 bits per heavy atom. The lowest BCUT2D eigenvalue weighted by Crippen LogP contribution is -2.45. The molecule has 1 saturated carbocycles. The summed E-state index contributed by atoms with van der Waals surface area (Å²) in [4.78, 5) is 8.29. The van der Waals surface area contributed by atoms with Gasteiger partial charge in [-0.25, -0.2) is 9.97 Å². The molecule has 0 amide bonds. The summed E-state index contributed by atoms with van der Waals surface area (Å²) >= 11 is 0. The molecule has 14 heavy (non-hydrogen) atoms. The van der Waals surface area contributed by atoms with Crippen LogP contribution in [0.2, 0.25) is 0 Å². The van der Waals surface area contributed by atoms with Crippen molar-refractivity contribution < 1.29 is 0 Å². The zero-order chi connectivity index (χ0) is 10.0. The van der Waals surface area contributed by atoms with Crippen LogP contribution in [-0.4, -0.2) is 22.1 Å². The predicted octanol–water partition coefficient (Wildman–Crippen LogP) is 1.02. The smallest absolute Gasteiger partial charge is 0.223 e. The Labute approximate surface area is 83.9 Å². The first-order valence-electron chi connectivity index (χ1n) is 5.00. The van der Waals surface area contributed by atoms with E-state index in [-0.39, 0.29) is 5.54 Å². The average Bonchev–Trinajstić information content (AvgIpc) is 3.03. The molecule has 1 heterocycles. The monoisotopic (exact) mass is 192 g/mol. The van der Waals surface area contributed by atoms with E-state index in [0.29, 0.717) is 18.4 Å². The maximum atomic E-state index is 5.78. The van der Waals surface area contributed by atoms with Crippen molar-refractivity contribution >= 4 is 5.95 Å². The van der Waals surface area contributed by atoms with E-state index in [9.17, 15) is 0 Å². The van der Waals surface area contributed by atoms with Gasteiger partial charge in [0.2, 0.25) is 5.95 Å². The van der Waals surface area contributed by atoms with Crippen molar-refractivity contribution in [2.45, 2.75) is 25.3 Å². The van der Waals surface area contributed by atoms with Crippen LogP contribution in [0.3, 0.4) is 0 Å². The summed E-state index contributed by atoms with van der Waals surface area (Å²) in [6, 6.07) is 1.81. The van der Waals surface area contributed by atoms with Crippen molar-refractivity contribution in [2.24, 2.45) is 11.7 Å². The molecule has 1 unspecified atom stereocenters. The average molecular weight is 192 g/mol. The molecule has 1 fully saturated rings. The van der Waals surface area contributed by atoms with Crippen LogP contribution >= 0.6 is 0 Å². The Bertz CT molecular complexity index is 296. The summed E-state index contributed by atoms with van der Waals surface area (Å²) in [5.74, 6) is 1.35. The molecule has 1 aliphatic carbocycles. The van der Waals surface area contributed by atoms with E-state index in [4.69, 9.17) is 5.73 Å². The van der Waals surface area contributed by atoms with Gasteiger partial charge < -0.3 is 11.1 Å². The molecule has 4 heteroatoms. The number of hydrogen-bond donors (Lipinski definition) is 2. The summed E-state index contributed by atoms with van der Waals surface area (Å²) in [6.45, 7) is 2.76. The van der Waals surface area contributed by atoms with Crippen molar-refractivity contribution in [3.63, 3.8) is 0 Å². The molecule has 1 aromatic heterocycles. The maximum Gasteiger partial charge on any atom is 0.223 e. The van der Waals surface area contributed by atoms with E-state index in [1.54, 1.807) is 12.4 Å². The predicted molar refractivity (Wildman–Crippen MR) is 55.8 cm³/mol. The molecule has 76 valence electrons. The Morgan fingerprint density at radius 3 is 2.64 bits per heavy atom. The lowest BCUT2D eigenvalue weighted by molar-refractivity contribution is 0.456. The molecule has 0 aromatic carbocycles. The minimum atomic E-state index is -0.0403. The Balaban J connectivity index is 2.08. The normalized spacial score (nSPS) is 20.1. The number of nitrogens with zero attached hydrogens (tertiary/aromatic N) is 2. The minimum Gasteiger partial charge on any atom is -0.348 e. The van der Waals surface area contributed by atoms with Crippen LogP contribution in [0.25, 0.3) is 0 Å². The summed E-state index contributed by atoms with van der Waals surface area (Å²) < 4.78 is 0. The van der Waals surface area contributed by atoms with Gasteiger partial charge in [0.15, 0.2) is 0 Å². The first-order chi connectivity index (χ1) is 6.74. The van der Waals surface area contributed by atoms with Gasteiger partial charge in [0.05, 0.1) is 5.54 Å². The first kappa shape index (κ1) is 9.40. The van der Waals surface area contributed by atoms with Crippen LogP contribution in [0, 0.1) is 5.92 Å². The fourth-order valence-corrected chi connectivity index (χ4v) is 1.66. The van der Waals surface area contributed by atoms with Crippen molar-refractivity contribution in [2.75, 3.05) is 11.9 Å². The molecule has 0 aliphatic heterocycles. The third-order valence-electron chi connectivity index (χ3n) is 2.87. The third kappa shape index (κ3) is 1.85. The van der Waals surface area contributed by atoms with Gasteiger partial charge >= 0.3 is 0 Å². The number of nitrogens with two attached hydrogens (primary N) is 1. The van der Waals surface area contributed by atoms with Crippen molar-refractivity contribution in [1.29, 1.82) is 0 Å². The Hall–Kier alpha value is -1.16. The summed E-state index contributed by atoms with van der Waals surface area (Å²) in [5.41, 5.74) is 5.74. The van der Waals surface area contributed by atoms with E-state index in [0.717, 1.165) is 0 Å². The standard InChI is InChI=1S/C10H16N4/c1-10(7-11,8-3-4-8)14-9-12-5-2-6-13-9/h2,5-6,8H,3-4,7,11H2,1H3,(H,12,13,14). The molecule has 2 rings (SSSR count). The van der Waals surface area contributed by atoms with Gasteiger partial charge in [-0.15, -0.1) is 0 Å². The molecule has 0 spiro atoms. The number of rotatable bonds is 4. The molecule has 1 aromatic rings. The van der Waals surface area contributed by atoms with E-state index < -0.39 is 0 Å². The van der Waals surface area contributed by atoms with Crippen LogP contribution in [0.4, 0.5) is 5.95 Å². The summed E-state index contributed by atoms with van der Waals surface area (Å²) in [6.07, 6.45) is 5.99. The van der Waals surface area contributed by atoms with Gasteiger partial charge in [-0.05, 0) is 31.7 Å². The number of nitrogens with one attached hydrogen (secondary N) is 1. The highest BCUT2D eigenvalue weighted by molar-refractivity contribution is 5.29. The molecule has 1 atom stereocenters. The second kappa shape index (κ2) is 3.53. The Kier molecular flexibility index (Phi) is 2.37. The SMILES string of the molecule is CC(CN)(Nc1ncccn1)C1CC1. The maximum absolute atomic E-state index is 5.78. The fraction of sp³-hybridized carbons (Fsp3) is 0.600. The molecule has 3 N–H and O–H groups in total. The van der Waals surface area contributed by atoms with E-state index in [2.05, 4.69) is 22.2 Å². The quantitative estimate of drug-likeness (QED) is 0.747. The van der Waals surface area contributed by atoms with Crippen LogP contribution < -0.4 is 11.1 Å². The van der Waals surface area contributed by atoms with Crippen LogP contribution in [0.5, 0.6) is 0 Å². The van der Waals surface area contributed by atoms with Crippen LogP contribution in [-0.2, 0) is 0 Å². The zero-order valence-electron chi connectivity index (χ0n) is 8.40. The summed E-state index contributed by atoms with van der Waals surface area (Å²) in [7, 11) is 0. The topological polar surface area (TPSA) is 63.8 Å². The van der Waals surface area contributed by atoms with Gasteiger partial charge in [0.25, 0.3) is 0 Å². The molecule has 0 bridgehead atoms. The van der Waals surface area contributed by atoms with Gasteiger partial charge in [-0.2, -0.15) is 0 Å². The lowest BCUT2D eigenvalue weighted by atomic mass is 9.96. The number of hydrogen-bond acceptors (Lipinski definition) is 4. The van der Waals surface area contributed by atoms with Crippen molar-refractivity contribution in [3.05, 3.63) is 18.5 Å². The highest BCUT2D eigenvalue weighted by atomic mass is 15.1. The van der Waals surface area contributed by atoms with E-state index >= 15 is 0 Å². The number of aromatic nitrogens is 2. The molecule has 1 aliphatic rings. The van der Waals surface area contributed by atoms with Crippen molar-refractivity contribution in [1.82, 2.24) is 9.97 Å². The first-order valence-corrected chi connectivity index (χ1v) is 5.00. The summed E-state index contributed by atoms with van der Waals surface area (Å²) in [5, 5.41) is 3.32. The molecule has 0 saturated heterocycles. The van der Waals surface area contributed by atoms with Gasteiger partial charge in [-0.1, -0.05) is 0 Å². The second-order valence-electron chi connectivity index (χ2n) is 4.09. The van der Waals surface area contributed by atoms with Gasteiger partial charge in [-0.3, -0.25) is 0 Å². The lowest BCUT2D eigenvalue weighted by Gasteiger charge is -2.29. The number of anilines is 1. The van der Waals surface area contributed by atoms with Gasteiger partial charge in [0, 0.05) is 18.9 Å². The van der Waals surface area contributed by atoms with Gasteiger partial charge in [0.1, 0.15) is 0 Å². The second-order valence-corrected chi connectivity index (χ2v) is 4.09. The van der Waals surface area contributed by atoms with E-state index in [1.807, 2.05) is 6.07 Å². The highest BCUT2D eigenvalue weighted by Crippen LogP contribution is 2.40. The van der Waals surface area contributed by atoms with Crippen LogP contribution in [0.15, 0.2) is 18.5 Å². The van der Waals surface area contributed by atoms with E-state index in [1.165, 1.54) is 12.8 Å². The fourth-order valence-electron chi connectivity index (χ4n) is 1.66. The molecular formula is C10H16N4. The molecule has 4 nitrogen and oxygen atoms in total. The van der Waals surface area contributed by atoms with Crippen molar-refractivity contribution in [3.8, 4) is 0 Å². The Morgan fingerprint density at radius 2 is 2.14 bits per heavy atom. The highest BCUT2D eigenvalue weighted by Gasteiger charge is 2.40. The minimum absolute atomic E-state index is 0.0403. The van der Waals surface area contributed by atoms with Crippen LogP contribution in [0.1, 0.15) is 19.8 Å². The zero-order valence-corrected chi connectivity index (χ0v) is 8.40. The molecular weight excluding hydrogens is 176 g/mol.